The van der Waals surface area contributed by atoms with Crippen molar-refractivity contribution in [1.29, 1.82) is 0 Å². The predicted molar refractivity (Wildman–Crippen MR) is 210 cm³/mol. The largest absolute Gasteiger partial charge is 0.310 e. The van der Waals surface area contributed by atoms with Gasteiger partial charge in [-0.15, -0.1) is 0 Å². The Bertz CT molecular complexity index is 2580. The molecule has 0 aromatic heterocycles. The first kappa shape index (κ1) is 28.8. The number of nitrogens with zero attached hydrogens (tertiary/aromatic N) is 1. The normalized spacial score (nSPS) is 11.3. The van der Waals surface area contributed by atoms with Crippen LogP contribution in [0.15, 0.2) is 200 Å². The van der Waals surface area contributed by atoms with Gasteiger partial charge in [0.1, 0.15) is 0 Å². The van der Waals surface area contributed by atoms with Gasteiger partial charge in [-0.3, -0.25) is 0 Å². The number of rotatable bonds is 6. The van der Waals surface area contributed by atoms with E-state index in [1.165, 1.54) is 65.7 Å². The molecule has 9 rings (SSSR count). The van der Waals surface area contributed by atoms with Crippen LogP contribution in [0.1, 0.15) is 0 Å². The van der Waals surface area contributed by atoms with Crippen LogP contribution in [0.25, 0.3) is 65.7 Å². The summed E-state index contributed by atoms with van der Waals surface area (Å²) in [7, 11) is 0. The molecule has 0 radical (unpaired) electrons. The van der Waals surface area contributed by atoms with Crippen LogP contribution in [0.5, 0.6) is 0 Å². The smallest absolute Gasteiger partial charge is 0.0540 e. The molecule has 230 valence electrons. The van der Waals surface area contributed by atoms with Crippen molar-refractivity contribution in [3.05, 3.63) is 200 Å². The maximum atomic E-state index is 2.41. The lowest BCUT2D eigenvalue weighted by molar-refractivity contribution is 1.30. The van der Waals surface area contributed by atoms with Gasteiger partial charge >= 0.3 is 0 Å². The minimum absolute atomic E-state index is 1.11. The molecule has 0 unspecified atom stereocenters. The van der Waals surface area contributed by atoms with E-state index in [1.54, 1.807) is 0 Å². The minimum Gasteiger partial charge on any atom is -0.310 e. The van der Waals surface area contributed by atoms with Crippen molar-refractivity contribution >= 4 is 49.4 Å². The Labute approximate surface area is 287 Å². The van der Waals surface area contributed by atoms with Crippen molar-refractivity contribution in [3.8, 4) is 33.4 Å². The van der Waals surface area contributed by atoms with Gasteiger partial charge < -0.3 is 4.90 Å². The second kappa shape index (κ2) is 12.3. The quantitative estimate of drug-likeness (QED) is 0.167. The molecule has 0 aliphatic carbocycles. The highest BCUT2D eigenvalue weighted by atomic mass is 15.1. The van der Waals surface area contributed by atoms with E-state index < -0.39 is 0 Å². The summed E-state index contributed by atoms with van der Waals surface area (Å²) in [6.07, 6.45) is 0. The zero-order chi connectivity index (χ0) is 32.6. The van der Waals surface area contributed by atoms with E-state index in [1.807, 2.05) is 0 Å². The summed E-state index contributed by atoms with van der Waals surface area (Å²) in [5, 5.41) is 7.48. The van der Waals surface area contributed by atoms with Gasteiger partial charge in [-0.05, 0) is 96.7 Å². The Morgan fingerprint density at radius 3 is 1.57 bits per heavy atom. The molecule has 9 aromatic rings. The summed E-state index contributed by atoms with van der Waals surface area (Å²) in [5.74, 6) is 0. The van der Waals surface area contributed by atoms with Crippen LogP contribution in [-0.4, -0.2) is 0 Å². The van der Waals surface area contributed by atoms with E-state index in [4.69, 9.17) is 0 Å². The molecule has 9 aromatic carbocycles. The summed E-state index contributed by atoms with van der Waals surface area (Å²) in [4.78, 5) is 2.41. The fourth-order valence-corrected chi connectivity index (χ4v) is 7.30. The third kappa shape index (κ3) is 5.23. The SMILES string of the molecule is c1ccc(-c2ccc(N(c3ccc(-c4cc5ccccc5c5ccccc45)c(-c4ccccc4)c3)c3cccc4ccccc34)cc2)cc1. The third-order valence-corrected chi connectivity index (χ3v) is 9.64. The van der Waals surface area contributed by atoms with Gasteiger partial charge in [-0.2, -0.15) is 0 Å². The van der Waals surface area contributed by atoms with Crippen LogP contribution < -0.4 is 4.90 Å². The standard InChI is InChI=1S/C48H33N/c1-3-14-34(15-4-1)35-26-28-39(29-27-35)49(48-25-13-20-36-18-7-10-22-42(36)48)40-30-31-45(46(33-40)37-16-5-2-6-17-37)47-32-38-19-8-9-21-41(38)43-23-11-12-24-44(43)47/h1-33H. The van der Waals surface area contributed by atoms with Crippen molar-refractivity contribution in [3.63, 3.8) is 0 Å². The van der Waals surface area contributed by atoms with E-state index >= 15 is 0 Å². The van der Waals surface area contributed by atoms with Gasteiger partial charge in [0.15, 0.2) is 0 Å². The lowest BCUT2D eigenvalue weighted by Gasteiger charge is -2.28. The summed E-state index contributed by atoms with van der Waals surface area (Å²) in [6, 6.07) is 72.5. The average Bonchev–Trinajstić information content (AvgIpc) is 3.19. The van der Waals surface area contributed by atoms with Crippen molar-refractivity contribution in [1.82, 2.24) is 0 Å². The minimum atomic E-state index is 1.11. The Kier molecular flexibility index (Phi) is 7.22. The molecular weight excluding hydrogens is 591 g/mol. The molecule has 0 fully saturated rings. The van der Waals surface area contributed by atoms with E-state index in [2.05, 4.69) is 205 Å². The van der Waals surface area contributed by atoms with Crippen LogP contribution in [-0.2, 0) is 0 Å². The monoisotopic (exact) mass is 623 g/mol. The van der Waals surface area contributed by atoms with Gasteiger partial charge in [-0.1, -0.05) is 164 Å². The zero-order valence-electron chi connectivity index (χ0n) is 27.0. The van der Waals surface area contributed by atoms with E-state index in [9.17, 15) is 0 Å². The molecule has 1 nitrogen and oxygen atoms in total. The molecule has 0 amide bonds. The van der Waals surface area contributed by atoms with E-state index in [0.717, 1.165) is 17.1 Å². The summed E-state index contributed by atoms with van der Waals surface area (Å²) >= 11 is 0. The maximum Gasteiger partial charge on any atom is 0.0540 e. The highest BCUT2D eigenvalue weighted by Gasteiger charge is 2.19. The molecular formula is C48H33N. The van der Waals surface area contributed by atoms with E-state index in [0.29, 0.717) is 0 Å². The van der Waals surface area contributed by atoms with Gasteiger partial charge in [-0.25, -0.2) is 0 Å². The van der Waals surface area contributed by atoms with Crippen LogP contribution in [0, 0.1) is 0 Å². The molecule has 0 heterocycles. The molecule has 0 aliphatic heterocycles. The number of hydrogen-bond donors (Lipinski definition) is 0. The fraction of sp³-hybridized carbons (Fsp3) is 0. The number of hydrogen-bond acceptors (Lipinski definition) is 1. The second-order valence-electron chi connectivity index (χ2n) is 12.5. The second-order valence-corrected chi connectivity index (χ2v) is 12.5. The highest BCUT2D eigenvalue weighted by molar-refractivity contribution is 6.15. The van der Waals surface area contributed by atoms with Crippen LogP contribution in [0.2, 0.25) is 0 Å². The first-order chi connectivity index (χ1) is 24.3. The highest BCUT2D eigenvalue weighted by Crippen LogP contribution is 2.45. The first-order valence-corrected chi connectivity index (χ1v) is 16.9. The topological polar surface area (TPSA) is 3.24 Å². The van der Waals surface area contributed by atoms with Crippen LogP contribution in [0.4, 0.5) is 17.1 Å². The maximum absolute atomic E-state index is 2.41. The Balaban J connectivity index is 1.29. The zero-order valence-corrected chi connectivity index (χ0v) is 27.0. The molecule has 49 heavy (non-hydrogen) atoms. The molecule has 0 aliphatic rings. The number of benzene rings is 9. The van der Waals surface area contributed by atoms with Crippen molar-refractivity contribution in [2.24, 2.45) is 0 Å². The Morgan fingerprint density at radius 1 is 0.265 bits per heavy atom. The predicted octanol–water partition coefficient (Wildman–Crippen LogP) is 13.6. The Hall–Kier alpha value is -6.44. The molecule has 0 saturated carbocycles. The van der Waals surface area contributed by atoms with Crippen molar-refractivity contribution < 1.29 is 0 Å². The average molecular weight is 624 g/mol. The van der Waals surface area contributed by atoms with Crippen LogP contribution >= 0.6 is 0 Å². The molecule has 1 heteroatoms. The third-order valence-electron chi connectivity index (χ3n) is 9.64. The first-order valence-electron chi connectivity index (χ1n) is 16.9. The molecule has 0 atom stereocenters. The van der Waals surface area contributed by atoms with Crippen molar-refractivity contribution in [2.45, 2.75) is 0 Å². The lowest BCUT2D eigenvalue weighted by atomic mass is 9.88. The van der Waals surface area contributed by atoms with Gasteiger partial charge in [0.2, 0.25) is 0 Å². The van der Waals surface area contributed by atoms with Crippen molar-refractivity contribution in [2.75, 3.05) is 4.90 Å². The van der Waals surface area contributed by atoms with Gasteiger partial charge in [0.05, 0.1) is 5.69 Å². The lowest BCUT2D eigenvalue weighted by Crippen LogP contribution is -2.11. The number of anilines is 3. The van der Waals surface area contributed by atoms with Crippen LogP contribution in [0.3, 0.4) is 0 Å². The van der Waals surface area contributed by atoms with E-state index in [-0.39, 0.29) is 0 Å². The Morgan fingerprint density at radius 2 is 0.816 bits per heavy atom. The molecule has 0 N–H and O–H groups in total. The number of fused-ring (bicyclic) bond motifs is 4. The summed E-state index contributed by atoms with van der Waals surface area (Å²) in [6.45, 7) is 0. The summed E-state index contributed by atoms with van der Waals surface area (Å²) in [5.41, 5.74) is 10.6. The molecule has 0 bridgehead atoms. The van der Waals surface area contributed by atoms with Gasteiger partial charge in [0, 0.05) is 16.8 Å². The summed E-state index contributed by atoms with van der Waals surface area (Å²) < 4.78 is 0. The molecule has 0 saturated heterocycles. The molecule has 0 spiro atoms. The fourth-order valence-electron chi connectivity index (χ4n) is 7.30. The van der Waals surface area contributed by atoms with Gasteiger partial charge in [0.25, 0.3) is 0 Å².